The van der Waals surface area contributed by atoms with Crippen molar-refractivity contribution in [1.82, 2.24) is 4.98 Å². The zero-order valence-corrected chi connectivity index (χ0v) is 11.9. The van der Waals surface area contributed by atoms with Crippen molar-refractivity contribution in [1.29, 1.82) is 0 Å². The molecule has 0 N–H and O–H groups in total. The Morgan fingerprint density at radius 2 is 1.84 bits per heavy atom. The maximum Gasteiger partial charge on any atom is 0.144 e. The molecule has 19 heavy (non-hydrogen) atoms. The third-order valence-corrected chi connectivity index (χ3v) is 4.29. The standard InChI is InChI=1S/C14H14ClN3S/c15-9-5-11-17-12-6-1-2-7-13(12)18(19-17)14-8-3-4-10-16-14/h1-4,6-8,10H,5,9,11H2. The Morgan fingerprint density at radius 3 is 2.58 bits per heavy atom. The van der Waals surface area contributed by atoms with E-state index in [2.05, 4.69) is 37.9 Å². The van der Waals surface area contributed by atoms with Gasteiger partial charge in [0.15, 0.2) is 0 Å². The van der Waals surface area contributed by atoms with Crippen LogP contribution in [0.1, 0.15) is 6.42 Å². The van der Waals surface area contributed by atoms with Gasteiger partial charge in [0, 0.05) is 18.6 Å². The molecule has 1 aliphatic heterocycles. The highest BCUT2D eigenvalue weighted by Gasteiger charge is 2.28. The summed E-state index contributed by atoms with van der Waals surface area (Å²) in [7, 11) is 0. The van der Waals surface area contributed by atoms with Crippen molar-refractivity contribution < 1.29 is 0 Å². The van der Waals surface area contributed by atoms with Crippen molar-refractivity contribution in [2.24, 2.45) is 0 Å². The van der Waals surface area contributed by atoms with Crippen molar-refractivity contribution in [3.8, 4) is 0 Å². The van der Waals surface area contributed by atoms with Gasteiger partial charge >= 0.3 is 0 Å². The zero-order valence-electron chi connectivity index (χ0n) is 10.4. The molecule has 0 saturated heterocycles. The number of fused-ring (bicyclic) bond motifs is 1. The molecule has 0 bridgehead atoms. The Hall–Kier alpha value is -1.39. The van der Waals surface area contributed by atoms with Crippen LogP contribution < -0.4 is 8.61 Å². The van der Waals surface area contributed by atoms with Crippen LogP contribution in [0.2, 0.25) is 0 Å². The number of alkyl halides is 1. The van der Waals surface area contributed by atoms with E-state index in [0.29, 0.717) is 5.88 Å². The normalized spacial score (nSPS) is 13.7. The van der Waals surface area contributed by atoms with Crippen LogP contribution in [0.3, 0.4) is 0 Å². The van der Waals surface area contributed by atoms with E-state index in [-0.39, 0.29) is 0 Å². The van der Waals surface area contributed by atoms with E-state index in [9.17, 15) is 0 Å². The lowest BCUT2D eigenvalue weighted by molar-refractivity contribution is 0.942. The Kier molecular flexibility index (Phi) is 3.80. The van der Waals surface area contributed by atoms with Gasteiger partial charge in [-0.3, -0.25) is 4.31 Å². The van der Waals surface area contributed by atoms with Crippen LogP contribution in [0.4, 0.5) is 17.2 Å². The first kappa shape index (κ1) is 12.6. The molecule has 1 aromatic carbocycles. The number of hydrogen-bond acceptors (Lipinski definition) is 4. The highest BCUT2D eigenvalue weighted by molar-refractivity contribution is 8.02. The molecule has 0 unspecified atom stereocenters. The SMILES string of the molecule is ClCCCN1SN(c2ccccn2)c2ccccc21. The van der Waals surface area contributed by atoms with Gasteiger partial charge < -0.3 is 0 Å². The molecule has 0 spiro atoms. The fraction of sp³-hybridized carbons (Fsp3) is 0.214. The number of benzene rings is 1. The number of hydrogen-bond donors (Lipinski definition) is 0. The number of nitrogens with zero attached hydrogens (tertiary/aromatic N) is 3. The van der Waals surface area contributed by atoms with E-state index in [4.69, 9.17) is 11.6 Å². The minimum Gasteiger partial charge on any atom is -0.296 e. The first-order valence-corrected chi connectivity index (χ1v) is 7.48. The number of anilines is 3. The lowest BCUT2D eigenvalue weighted by Crippen LogP contribution is -2.15. The highest BCUT2D eigenvalue weighted by atomic mass is 35.5. The number of pyridine rings is 1. The number of rotatable bonds is 4. The maximum atomic E-state index is 5.80. The predicted molar refractivity (Wildman–Crippen MR) is 83.1 cm³/mol. The molecule has 3 rings (SSSR count). The van der Waals surface area contributed by atoms with Crippen LogP contribution in [0.5, 0.6) is 0 Å². The fourth-order valence-electron chi connectivity index (χ4n) is 2.04. The Labute approximate surface area is 122 Å². The molecule has 2 aromatic rings. The number of halogens is 1. The molecule has 2 heterocycles. The third-order valence-electron chi connectivity index (χ3n) is 2.90. The Morgan fingerprint density at radius 1 is 1.05 bits per heavy atom. The topological polar surface area (TPSA) is 19.4 Å². The second kappa shape index (κ2) is 5.72. The van der Waals surface area contributed by atoms with Crippen molar-refractivity contribution in [3.05, 3.63) is 48.7 Å². The van der Waals surface area contributed by atoms with Crippen molar-refractivity contribution in [2.45, 2.75) is 6.42 Å². The summed E-state index contributed by atoms with van der Waals surface area (Å²) >= 11 is 7.48. The minimum absolute atomic E-state index is 0.683. The molecule has 0 radical (unpaired) electrons. The van der Waals surface area contributed by atoms with E-state index in [1.807, 2.05) is 24.4 Å². The molecule has 1 aromatic heterocycles. The van der Waals surface area contributed by atoms with Crippen LogP contribution in [-0.4, -0.2) is 17.4 Å². The molecular formula is C14H14ClN3S. The van der Waals surface area contributed by atoms with Crippen molar-refractivity contribution >= 4 is 40.9 Å². The van der Waals surface area contributed by atoms with Crippen LogP contribution >= 0.6 is 23.7 Å². The third kappa shape index (κ3) is 2.51. The van der Waals surface area contributed by atoms with Crippen LogP contribution in [-0.2, 0) is 0 Å². The first-order valence-electron chi connectivity index (χ1n) is 6.22. The summed E-state index contributed by atoms with van der Waals surface area (Å²) in [6.45, 7) is 0.939. The molecule has 98 valence electrons. The Bertz CT molecular complexity index is 549. The minimum atomic E-state index is 0.683. The lowest BCUT2D eigenvalue weighted by Gasteiger charge is -2.18. The van der Waals surface area contributed by atoms with Crippen molar-refractivity contribution in [2.75, 3.05) is 21.0 Å². The molecular weight excluding hydrogens is 278 g/mol. The average molecular weight is 292 g/mol. The molecule has 3 nitrogen and oxygen atoms in total. The summed E-state index contributed by atoms with van der Waals surface area (Å²) in [5.41, 5.74) is 2.41. The van der Waals surface area contributed by atoms with E-state index in [1.54, 1.807) is 12.1 Å². The summed E-state index contributed by atoms with van der Waals surface area (Å²) in [5, 5.41) is 0. The maximum absolute atomic E-state index is 5.80. The van der Waals surface area contributed by atoms with Crippen LogP contribution in [0.15, 0.2) is 48.7 Å². The van der Waals surface area contributed by atoms with E-state index in [1.165, 1.54) is 11.4 Å². The monoisotopic (exact) mass is 291 g/mol. The predicted octanol–water partition coefficient (Wildman–Crippen LogP) is 4.23. The highest BCUT2D eigenvalue weighted by Crippen LogP contribution is 2.47. The number of aromatic nitrogens is 1. The largest absolute Gasteiger partial charge is 0.296 e. The van der Waals surface area contributed by atoms with E-state index >= 15 is 0 Å². The van der Waals surface area contributed by atoms with Crippen LogP contribution in [0.25, 0.3) is 0 Å². The van der Waals surface area contributed by atoms with Crippen molar-refractivity contribution in [3.63, 3.8) is 0 Å². The summed E-state index contributed by atoms with van der Waals surface area (Å²) in [4.78, 5) is 4.43. The summed E-state index contributed by atoms with van der Waals surface area (Å²) < 4.78 is 4.43. The summed E-state index contributed by atoms with van der Waals surface area (Å²) in [6.07, 6.45) is 2.79. The van der Waals surface area contributed by atoms with Gasteiger partial charge in [-0.2, -0.15) is 0 Å². The van der Waals surface area contributed by atoms with E-state index in [0.717, 1.165) is 18.8 Å². The fourth-order valence-corrected chi connectivity index (χ4v) is 3.24. The van der Waals surface area contributed by atoms with Gasteiger partial charge in [-0.15, -0.1) is 11.6 Å². The molecule has 5 heteroatoms. The molecule has 0 saturated carbocycles. The van der Waals surface area contributed by atoms with Gasteiger partial charge in [0.2, 0.25) is 0 Å². The summed E-state index contributed by atoms with van der Waals surface area (Å²) in [5.74, 6) is 1.64. The first-order chi connectivity index (χ1) is 9.40. The Balaban J connectivity index is 1.92. The smallest absolute Gasteiger partial charge is 0.144 e. The molecule has 0 aliphatic carbocycles. The van der Waals surface area contributed by atoms with Gasteiger partial charge in [0.25, 0.3) is 0 Å². The average Bonchev–Trinajstić information content (AvgIpc) is 2.85. The van der Waals surface area contributed by atoms with Gasteiger partial charge in [0.1, 0.15) is 5.82 Å². The molecule has 0 fully saturated rings. The van der Waals surface area contributed by atoms with Crippen LogP contribution in [0, 0.1) is 0 Å². The van der Waals surface area contributed by atoms with Gasteiger partial charge in [-0.1, -0.05) is 18.2 Å². The molecule has 1 aliphatic rings. The quantitative estimate of drug-likeness (QED) is 0.620. The van der Waals surface area contributed by atoms with Gasteiger partial charge in [-0.25, -0.2) is 9.29 Å². The summed E-state index contributed by atoms with van der Waals surface area (Å²) in [6, 6.07) is 14.3. The zero-order chi connectivity index (χ0) is 13.1. The molecule has 0 atom stereocenters. The number of para-hydroxylation sites is 2. The second-order valence-electron chi connectivity index (χ2n) is 4.20. The lowest BCUT2D eigenvalue weighted by atomic mass is 10.2. The second-order valence-corrected chi connectivity index (χ2v) is 5.54. The van der Waals surface area contributed by atoms with Gasteiger partial charge in [0.05, 0.1) is 23.5 Å². The molecule has 0 amide bonds. The van der Waals surface area contributed by atoms with Gasteiger partial charge in [-0.05, 0) is 30.7 Å². The van der Waals surface area contributed by atoms with E-state index < -0.39 is 0 Å².